The maximum atomic E-state index is 5.41. The minimum absolute atomic E-state index is 0.637. The van der Waals surface area contributed by atoms with Gasteiger partial charge in [-0.25, -0.2) is 9.97 Å². The first kappa shape index (κ1) is 13.1. The lowest BCUT2D eigenvalue weighted by Crippen LogP contribution is -2.01. The summed E-state index contributed by atoms with van der Waals surface area (Å²) in [6, 6.07) is 5.84. The van der Waals surface area contributed by atoms with E-state index >= 15 is 0 Å². The Morgan fingerprint density at radius 3 is 2.47 bits per heavy atom. The number of benzene rings is 1. The number of methoxy groups -OCH3 is 2. The second kappa shape index (κ2) is 5.56. The molecule has 100 valence electrons. The van der Waals surface area contributed by atoms with Crippen molar-refractivity contribution in [2.45, 2.75) is 6.92 Å². The number of nitrogens with zero attached hydrogens (tertiary/aromatic N) is 2. The summed E-state index contributed by atoms with van der Waals surface area (Å²) in [7, 11) is 5.07. The van der Waals surface area contributed by atoms with Gasteiger partial charge in [-0.3, -0.25) is 0 Å². The van der Waals surface area contributed by atoms with Gasteiger partial charge in [-0.15, -0.1) is 0 Å². The largest absolute Gasteiger partial charge is 0.497 e. The van der Waals surface area contributed by atoms with Crippen LogP contribution >= 0.6 is 0 Å². The molecule has 5 heteroatoms. The predicted octanol–water partition coefficient (Wildman–Crippen LogP) is 2.51. The van der Waals surface area contributed by atoms with Crippen LogP contribution < -0.4 is 14.8 Å². The molecule has 0 amide bonds. The van der Waals surface area contributed by atoms with Gasteiger partial charge in [0.25, 0.3) is 0 Å². The van der Waals surface area contributed by atoms with E-state index in [1.807, 2.05) is 25.1 Å². The summed E-state index contributed by atoms with van der Waals surface area (Å²) in [5, 5.41) is 3.00. The first-order valence-corrected chi connectivity index (χ1v) is 5.93. The van der Waals surface area contributed by atoms with Crippen molar-refractivity contribution in [2.75, 3.05) is 26.6 Å². The van der Waals surface area contributed by atoms with Gasteiger partial charge in [-0.2, -0.15) is 0 Å². The molecule has 0 fully saturated rings. The van der Waals surface area contributed by atoms with Gasteiger partial charge in [0.2, 0.25) is 0 Å². The van der Waals surface area contributed by atoms with Crippen LogP contribution in [0.25, 0.3) is 11.3 Å². The molecule has 19 heavy (non-hydrogen) atoms. The van der Waals surface area contributed by atoms with E-state index in [1.165, 1.54) is 6.33 Å². The first-order chi connectivity index (χ1) is 9.21. The SMILES string of the molecule is CNc1ncnc(-c2ccc(OC)cc2C)c1OC. The molecule has 1 N–H and O–H groups in total. The Bertz CT molecular complexity index is 585. The highest BCUT2D eigenvalue weighted by Crippen LogP contribution is 2.35. The molecule has 1 aromatic carbocycles. The number of nitrogens with one attached hydrogen (secondary N) is 1. The van der Waals surface area contributed by atoms with E-state index in [0.717, 1.165) is 22.6 Å². The van der Waals surface area contributed by atoms with Gasteiger partial charge in [0.1, 0.15) is 17.8 Å². The van der Waals surface area contributed by atoms with Crippen molar-refractivity contribution < 1.29 is 9.47 Å². The quantitative estimate of drug-likeness (QED) is 0.914. The number of hydrogen-bond acceptors (Lipinski definition) is 5. The zero-order valence-corrected chi connectivity index (χ0v) is 11.5. The summed E-state index contributed by atoms with van der Waals surface area (Å²) in [6.45, 7) is 2.01. The summed E-state index contributed by atoms with van der Waals surface area (Å²) in [5.74, 6) is 2.13. The summed E-state index contributed by atoms with van der Waals surface area (Å²) in [4.78, 5) is 8.47. The highest BCUT2D eigenvalue weighted by Gasteiger charge is 2.14. The molecule has 2 rings (SSSR count). The third-order valence-electron chi connectivity index (χ3n) is 2.93. The molecule has 0 aliphatic heterocycles. The molecule has 2 aromatic rings. The van der Waals surface area contributed by atoms with E-state index in [9.17, 15) is 0 Å². The molecule has 0 bridgehead atoms. The van der Waals surface area contributed by atoms with E-state index in [0.29, 0.717) is 11.6 Å². The Hall–Kier alpha value is -2.30. The second-order valence-corrected chi connectivity index (χ2v) is 4.03. The molecule has 5 nitrogen and oxygen atoms in total. The summed E-state index contributed by atoms with van der Waals surface area (Å²) in [5.41, 5.74) is 2.83. The van der Waals surface area contributed by atoms with E-state index in [1.54, 1.807) is 21.3 Å². The average Bonchev–Trinajstić information content (AvgIpc) is 2.46. The topological polar surface area (TPSA) is 56.3 Å². The molecular weight excluding hydrogens is 242 g/mol. The zero-order valence-electron chi connectivity index (χ0n) is 11.5. The Kier molecular flexibility index (Phi) is 3.85. The fourth-order valence-corrected chi connectivity index (χ4v) is 1.97. The van der Waals surface area contributed by atoms with E-state index in [4.69, 9.17) is 9.47 Å². The Morgan fingerprint density at radius 1 is 1.11 bits per heavy atom. The molecule has 0 saturated carbocycles. The Morgan fingerprint density at radius 2 is 1.89 bits per heavy atom. The monoisotopic (exact) mass is 259 g/mol. The van der Waals surface area contributed by atoms with Crippen LogP contribution in [0, 0.1) is 6.92 Å². The zero-order chi connectivity index (χ0) is 13.8. The maximum Gasteiger partial charge on any atom is 0.187 e. The van der Waals surface area contributed by atoms with Gasteiger partial charge in [0, 0.05) is 12.6 Å². The van der Waals surface area contributed by atoms with Crippen LogP contribution in [0.5, 0.6) is 11.5 Å². The van der Waals surface area contributed by atoms with Crippen LogP contribution in [0.3, 0.4) is 0 Å². The van der Waals surface area contributed by atoms with Crippen molar-refractivity contribution in [3.05, 3.63) is 30.1 Å². The number of aromatic nitrogens is 2. The molecule has 0 aliphatic carbocycles. The minimum atomic E-state index is 0.637. The van der Waals surface area contributed by atoms with Crippen molar-refractivity contribution in [1.29, 1.82) is 0 Å². The lowest BCUT2D eigenvalue weighted by molar-refractivity contribution is 0.413. The molecule has 0 radical (unpaired) electrons. The predicted molar refractivity (Wildman–Crippen MR) is 74.9 cm³/mol. The third-order valence-corrected chi connectivity index (χ3v) is 2.93. The van der Waals surface area contributed by atoms with Gasteiger partial charge < -0.3 is 14.8 Å². The Labute approximate surface area is 112 Å². The standard InChI is InChI=1S/C14H17N3O2/c1-9-7-10(18-3)5-6-11(9)12-13(19-4)14(15-2)17-8-16-12/h5-8H,1-4H3,(H,15,16,17). The number of rotatable bonds is 4. The third kappa shape index (κ3) is 2.45. The first-order valence-electron chi connectivity index (χ1n) is 5.93. The number of ether oxygens (including phenoxy) is 2. The minimum Gasteiger partial charge on any atom is -0.497 e. The van der Waals surface area contributed by atoms with Crippen molar-refractivity contribution in [3.8, 4) is 22.8 Å². The van der Waals surface area contributed by atoms with E-state index < -0.39 is 0 Å². The Balaban J connectivity index is 2.58. The molecule has 0 spiro atoms. The molecule has 1 aromatic heterocycles. The second-order valence-electron chi connectivity index (χ2n) is 4.03. The van der Waals surface area contributed by atoms with Gasteiger partial charge in [0.05, 0.1) is 14.2 Å². The highest BCUT2D eigenvalue weighted by atomic mass is 16.5. The van der Waals surface area contributed by atoms with Crippen LogP contribution in [0.2, 0.25) is 0 Å². The van der Waals surface area contributed by atoms with Crippen LogP contribution in [-0.4, -0.2) is 31.2 Å². The lowest BCUT2D eigenvalue weighted by Gasteiger charge is -2.13. The summed E-state index contributed by atoms with van der Waals surface area (Å²) < 4.78 is 10.6. The van der Waals surface area contributed by atoms with Gasteiger partial charge in [-0.1, -0.05) is 0 Å². The van der Waals surface area contributed by atoms with Gasteiger partial charge >= 0.3 is 0 Å². The van der Waals surface area contributed by atoms with Crippen molar-refractivity contribution in [3.63, 3.8) is 0 Å². The fourth-order valence-electron chi connectivity index (χ4n) is 1.97. The normalized spacial score (nSPS) is 10.1. The fraction of sp³-hybridized carbons (Fsp3) is 0.286. The van der Waals surface area contributed by atoms with E-state index in [-0.39, 0.29) is 0 Å². The highest BCUT2D eigenvalue weighted by molar-refractivity contribution is 5.75. The average molecular weight is 259 g/mol. The molecule has 0 atom stereocenters. The van der Waals surface area contributed by atoms with Gasteiger partial charge in [0.15, 0.2) is 11.6 Å². The van der Waals surface area contributed by atoms with Crippen LogP contribution in [0.15, 0.2) is 24.5 Å². The number of anilines is 1. The molecule has 0 aliphatic rings. The van der Waals surface area contributed by atoms with Crippen molar-refractivity contribution in [1.82, 2.24) is 9.97 Å². The van der Waals surface area contributed by atoms with E-state index in [2.05, 4.69) is 15.3 Å². The smallest absolute Gasteiger partial charge is 0.187 e. The molecule has 0 saturated heterocycles. The molecule has 1 heterocycles. The lowest BCUT2D eigenvalue weighted by atomic mass is 10.0. The summed E-state index contributed by atoms with van der Waals surface area (Å²) in [6.07, 6.45) is 1.52. The van der Waals surface area contributed by atoms with Crippen LogP contribution in [0.1, 0.15) is 5.56 Å². The van der Waals surface area contributed by atoms with Crippen molar-refractivity contribution >= 4 is 5.82 Å². The van der Waals surface area contributed by atoms with Crippen LogP contribution in [0.4, 0.5) is 5.82 Å². The maximum absolute atomic E-state index is 5.41. The van der Waals surface area contributed by atoms with Crippen LogP contribution in [-0.2, 0) is 0 Å². The summed E-state index contributed by atoms with van der Waals surface area (Å²) >= 11 is 0. The van der Waals surface area contributed by atoms with Gasteiger partial charge in [-0.05, 0) is 30.7 Å². The molecule has 0 unspecified atom stereocenters. The van der Waals surface area contributed by atoms with Crippen molar-refractivity contribution in [2.24, 2.45) is 0 Å². The molecular formula is C14H17N3O2. The number of aryl methyl sites for hydroxylation is 1. The number of hydrogen-bond donors (Lipinski definition) is 1.